The van der Waals surface area contributed by atoms with Gasteiger partial charge in [-0.05, 0) is 36.5 Å². The SMILES string of the molecule is O=C(NC[C@](O)(c1ccccc1)C1CC1)C(=O)Nc1ccccc1C(F)(F)F. The van der Waals surface area contributed by atoms with Crippen LogP contribution < -0.4 is 10.6 Å². The second kappa shape index (κ2) is 7.63. The Morgan fingerprint density at radius 2 is 1.57 bits per heavy atom. The number of halogens is 3. The predicted octanol–water partition coefficient (Wildman–Crippen LogP) is 3.06. The van der Waals surface area contributed by atoms with E-state index in [1.165, 1.54) is 12.1 Å². The maximum Gasteiger partial charge on any atom is 0.418 e. The number of benzene rings is 2. The van der Waals surface area contributed by atoms with Crippen molar-refractivity contribution < 1.29 is 27.9 Å². The Balaban J connectivity index is 1.68. The summed E-state index contributed by atoms with van der Waals surface area (Å²) >= 11 is 0. The average Bonchev–Trinajstić information content (AvgIpc) is 3.52. The van der Waals surface area contributed by atoms with Crippen molar-refractivity contribution in [2.24, 2.45) is 5.92 Å². The van der Waals surface area contributed by atoms with Gasteiger partial charge < -0.3 is 15.7 Å². The zero-order chi connectivity index (χ0) is 20.4. The molecule has 1 aliphatic rings. The fourth-order valence-corrected chi connectivity index (χ4v) is 3.08. The van der Waals surface area contributed by atoms with E-state index >= 15 is 0 Å². The molecule has 0 unspecified atom stereocenters. The van der Waals surface area contributed by atoms with E-state index in [9.17, 15) is 27.9 Å². The molecule has 3 N–H and O–H groups in total. The summed E-state index contributed by atoms with van der Waals surface area (Å²) < 4.78 is 39.0. The highest BCUT2D eigenvalue weighted by molar-refractivity contribution is 6.39. The van der Waals surface area contributed by atoms with Gasteiger partial charge in [0.25, 0.3) is 0 Å². The number of anilines is 1. The van der Waals surface area contributed by atoms with Crippen LogP contribution in [0.25, 0.3) is 0 Å². The quantitative estimate of drug-likeness (QED) is 0.685. The first-order valence-corrected chi connectivity index (χ1v) is 8.75. The molecule has 3 rings (SSSR count). The van der Waals surface area contributed by atoms with E-state index < -0.39 is 34.8 Å². The molecule has 28 heavy (non-hydrogen) atoms. The molecule has 0 heterocycles. The summed E-state index contributed by atoms with van der Waals surface area (Å²) in [5, 5.41) is 15.3. The monoisotopic (exact) mass is 392 g/mol. The van der Waals surface area contributed by atoms with E-state index in [2.05, 4.69) is 5.32 Å². The van der Waals surface area contributed by atoms with Gasteiger partial charge in [-0.2, -0.15) is 13.2 Å². The minimum absolute atomic E-state index is 0.0517. The first-order valence-electron chi connectivity index (χ1n) is 8.75. The van der Waals surface area contributed by atoms with Gasteiger partial charge in [0.2, 0.25) is 0 Å². The third-order valence-corrected chi connectivity index (χ3v) is 4.73. The normalized spacial score (nSPS) is 16.1. The Morgan fingerprint density at radius 3 is 2.18 bits per heavy atom. The number of alkyl halides is 3. The van der Waals surface area contributed by atoms with Crippen molar-refractivity contribution in [3.63, 3.8) is 0 Å². The molecule has 0 radical (unpaired) electrons. The van der Waals surface area contributed by atoms with Gasteiger partial charge in [-0.3, -0.25) is 9.59 Å². The van der Waals surface area contributed by atoms with Gasteiger partial charge in [-0.25, -0.2) is 0 Å². The van der Waals surface area contributed by atoms with Crippen molar-refractivity contribution in [1.82, 2.24) is 5.32 Å². The van der Waals surface area contributed by atoms with E-state index in [1.807, 2.05) is 5.32 Å². The van der Waals surface area contributed by atoms with Crippen LogP contribution in [0.2, 0.25) is 0 Å². The van der Waals surface area contributed by atoms with Crippen LogP contribution in [0.5, 0.6) is 0 Å². The summed E-state index contributed by atoms with van der Waals surface area (Å²) in [7, 11) is 0. The predicted molar refractivity (Wildman–Crippen MR) is 96.1 cm³/mol. The first kappa shape index (κ1) is 19.9. The number of amides is 2. The maximum absolute atomic E-state index is 13.0. The minimum Gasteiger partial charge on any atom is -0.383 e. The molecule has 2 aromatic carbocycles. The van der Waals surface area contributed by atoms with Crippen LogP contribution in [0, 0.1) is 5.92 Å². The summed E-state index contributed by atoms with van der Waals surface area (Å²) in [6, 6.07) is 13.1. The molecule has 1 fully saturated rings. The molecule has 0 aromatic heterocycles. The molecule has 1 aliphatic carbocycles. The third kappa shape index (κ3) is 4.33. The van der Waals surface area contributed by atoms with E-state index in [-0.39, 0.29) is 12.5 Å². The largest absolute Gasteiger partial charge is 0.418 e. The average molecular weight is 392 g/mol. The Morgan fingerprint density at radius 1 is 0.964 bits per heavy atom. The number of hydrogen-bond donors (Lipinski definition) is 3. The van der Waals surface area contributed by atoms with Crippen molar-refractivity contribution in [2.45, 2.75) is 24.6 Å². The minimum atomic E-state index is -4.67. The van der Waals surface area contributed by atoms with Gasteiger partial charge in [-0.15, -0.1) is 0 Å². The molecular weight excluding hydrogens is 373 g/mol. The summed E-state index contributed by atoms with van der Waals surface area (Å²) in [6.45, 7) is -0.213. The molecule has 148 valence electrons. The summed E-state index contributed by atoms with van der Waals surface area (Å²) in [5.41, 5.74) is -2.27. The van der Waals surface area contributed by atoms with E-state index in [0.29, 0.717) is 5.56 Å². The number of carbonyl (C=O) groups excluding carboxylic acids is 2. The van der Waals surface area contributed by atoms with Crippen molar-refractivity contribution in [3.8, 4) is 0 Å². The van der Waals surface area contributed by atoms with Crippen molar-refractivity contribution in [3.05, 3.63) is 65.7 Å². The molecule has 5 nitrogen and oxygen atoms in total. The van der Waals surface area contributed by atoms with Gasteiger partial charge in [0.15, 0.2) is 0 Å². The molecule has 0 aliphatic heterocycles. The van der Waals surface area contributed by atoms with Crippen LogP contribution in [0.15, 0.2) is 54.6 Å². The summed E-state index contributed by atoms with van der Waals surface area (Å²) in [4.78, 5) is 24.2. The van der Waals surface area contributed by atoms with Gasteiger partial charge in [0, 0.05) is 0 Å². The Hall–Kier alpha value is -2.87. The van der Waals surface area contributed by atoms with E-state index in [4.69, 9.17) is 0 Å². The van der Waals surface area contributed by atoms with Gasteiger partial charge in [0.05, 0.1) is 17.8 Å². The highest BCUT2D eigenvalue weighted by atomic mass is 19.4. The van der Waals surface area contributed by atoms with Crippen LogP contribution in [0.1, 0.15) is 24.0 Å². The molecule has 1 saturated carbocycles. The van der Waals surface area contributed by atoms with Gasteiger partial charge in [-0.1, -0.05) is 42.5 Å². The molecule has 0 spiro atoms. The fraction of sp³-hybridized carbons (Fsp3) is 0.300. The molecule has 0 saturated heterocycles. The zero-order valence-corrected chi connectivity index (χ0v) is 14.8. The Bertz CT molecular complexity index is 866. The number of aliphatic hydroxyl groups is 1. The Kier molecular flexibility index (Phi) is 5.42. The number of para-hydroxylation sites is 1. The summed E-state index contributed by atoms with van der Waals surface area (Å²) in [6.07, 6.45) is -3.10. The number of carbonyl (C=O) groups is 2. The van der Waals surface area contributed by atoms with Crippen LogP contribution in [0.3, 0.4) is 0 Å². The van der Waals surface area contributed by atoms with Crippen molar-refractivity contribution >= 4 is 17.5 Å². The van der Waals surface area contributed by atoms with E-state index in [0.717, 1.165) is 25.0 Å². The van der Waals surface area contributed by atoms with Gasteiger partial charge >= 0.3 is 18.0 Å². The molecule has 0 bridgehead atoms. The second-order valence-electron chi connectivity index (χ2n) is 6.74. The highest BCUT2D eigenvalue weighted by Crippen LogP contribution is 2.45. The second-order valence-corrected chi connectivity index (χ2v) is 6.74. The lowest BCUT2D eigenvalue weighted by Gasteiger charge is -2.29. The molecule has 2 amide bonds. The number of hydrogen-bond acceptors (Lipinski definition) is 3. The van der Waals surface area contributed by atoms with Crippen LogP contribution >= 0.6 is 0 Å². The van der Waals surface area contributed by atoms with Crippen LogP contribution in [-0.2, 0) is 21.4 Å². The lowest BCUT2D eigenvalue weighted by Crippen LogP contribution is -2.45. The van der Waals surface area contributed by atoms with Crippen molar-refractivity contribution in [2.75, 3.05) is 11.9 Å². The highest BCUT2D eigenvalue weighted by Gasteiger charge is 2.45. The fourth-order valence-electron chi connectivity index (χ4n) is 3.08. The third-order valence-electron chi connectivity index (χ3n) is 4.73. The lowest BCUT2D eigenvalue weighted by molar-refractivity contribution is -0.138. The van der Waals surface area contributed by atoms with E-state index in [1.54, 1.807) is 30.3 Å². The zero-order valence-electron chi connectivity index (χ0n) is 14.8. The Labute approximate surface area is 159 Å². The lowest BCUT2D eigenvalue weighted by atomic mass is 9.88. The standard InChI is InChI=1S/C20H19F3N2O3/c21-20(22,23)15-8-4-5-9-16(15)25-18(27)17(26)24-12-19(28,14-10-11-14)13-6-2-1-3-7-13/h1-9,14,28H,10-12H2,(H,24,26)(H,25,27)/t19-/m0/s1. The van der Waals surface area contributed by atoms with Crippen LogP contribution in [0.4, 0.5) is 18.9 Å². The number of rotatable bonds is 5. The number of nitrogens with one attached hydrogen (secondary N) is 2. The smallest absolute Gasteiger partial charge is 0.383 e. The van der Waals surface area contributed by atoms with Crippen LogP contribution in [-0.4, -0.2) is 23.5 Å². The molecule has 8 heteroatoms. The molecular formula is C20H19F3N2O3. The molecule has 2 aromatic rings. The molecule has 1 atom stereocenters. The maximum atomic E-state index is 13.0. The van der Waals surface area contributed by atoms with Gasteiger partial charge in [0.1, 0.15) is 5.60 Å². The van der Waals surface area contributed by atoms with Crippen molar-refractivity contribution in [1.29, 1.82) is 0 Å². The summed E-state index contributed by atoms with van der Waals surface area (Å²) in [5.74, 6) is -2.40. The topological polar surface area (TPSA) is 78.4 Å². The first-order chi connectivity index (χ1) is 13.2.